The van der Waals surface area contributed by atoms with Crippen LogP contribution in [0.2, 0.25) is 0 Å². The second-order valence-corrected chi connectivity index (χ2v) is 5.17. The predicted octanol–water partition coefficient (Wildman–Crippen LogP) is 1.24. The van der Waals surface area contributed by atoms with Crippen LogP contribution in [0.3, 0.4) is 0 Å². The fourth-order valence-corrected chi connectivity index (χ4v) is 1.94. The molecule has 0 fully saturated rings. The summed E-state index contributed by atoms with van der Waals surface area (Å²) in [7, 11) is 0. The van der Waals surface area contributed by atoms with E-state index >= 15 is 0 Å². The van der Waals surface area contributed by atoms with E-state index in [1.54, 1.807) is 0 Å². The largest absolute Gasteiger partial charge is 0.380 e. The molecule has 4 N–H and O–H groups in total. The lowest BCUT2D eigenvalue weighted by atomic mass is 10.0. The molecule has 19 heavy (non-hydrogen) atoms. The summed E-state index contributed by atoms with van der Waals surface area (Å²) in [5.41, 5.74) is 0. The monoisotopic (exact) mass is 278 g/mol. The standard InChI is InChI=1S/C14H30O5/c1-3-5-7-11(13(15)16)9-19-10-12(14(17)18)8-6-4-2/h11-18H,3-10H2,1-2H3. The van der Waals surface area contributed by atoms with Crippen LogP contribution in [0.25, 0.3) is 0 Å². The van der Waals surface area contributed by atoms with E-state index < -0.39 is 12.6 Å². The summed E-state index contributed by atoms with van der Waals surface area (Å²) >= 11 is 0. The van der Waals surface area contributed by atoms with Crippen molar-refractivity contribution < 1.29 is 25.2 Å². The van der Waals surface area contributed by atoms with Crippen LogP contribution in [-0.4, -0.2) is 46.2 Å². The fourth-order valence-electron chi connectivity index (χ4n) is 1.94. The minimum Gasteiger partial charge on any atom is -0.380 e. The molecule has 5 heteroatoms. The summed E-state index contributed by atoms with van der Waals surface area (Å²) in [5, 5.41) is 36.9. The van der Waals surface area contributed by atoms with Gasteiger partial charge in [-0.2, -0.15) is 0 Å². The molecule has 0 radical (unpaired) electrons. The molecule has 0 bridgehead atoms. The lowest BCUT2D eigenvalue weighted by Gasteiger charge is -2.22. The number of hydrogen-bond acceptors (Lipinski definition) is 5. The second kappa shape index (κ2) is 11.6. The van der Waals surface area contributed by atoms with Crippen molar-refractivity contribution in [3.05, 3.63) is 0 Å². The van der Waals surface area contributed by atoms with Crippen LogP contribution in [-0.2, 0) is 4.74 Å². The van der Waals surface area contributed by atoms with Gasteiger partial charge in [0.1, 0.15) is 0 Å². The zero-order chi connectivity index (χ0) is 14.7. The normalized spacial score (nSPS) is 15.2. The van der Waals surface area contributed by atoms with E-state index in [0.717, 1.165) is 25.7 Å². The molecule has 116 valence electrons. The molecule has 0 aliphatic carbocycles. The molecule has 0 saturated carbocycles. The molecule has 0 rings (SSSR count). The van der Waals surface area contributed by atoms with Gasteiger partial charge in [0.25, 0.3) is 0 Å². The molecule has 5 nitrogen and oxygen atoms in total. The zero-order valence-electron chi connectivity index (χ0n) is 12.2. The highest BCUT2D eigenvalue weighted by atomic mass is 16.5. The Balaban J connectivity index is 3.98. The molecule has 0 spiro atoms. The Hall–Kier alpha value is -0.200. The van der Waals surface area contributed by atoms with Gasteiger partial charge in [-0.05, 0) is 12.8 Å². The van der Waals surface area contributed by atoms with E-state index in [-0.39, 0.29) is 25.0 Å². The number of ether oxygens (including phenoxy) is 1. The minimum absolute atomic E-state index is 0.243. The van der Waals surface area contributed by atoms with E-state index in [2.05, 4.69) is 0 Å². The van der Waals surface area contributed by atoms with Crippen LogP contribution in [0.5, 0.6) is 0 Å². The van der Waals surface area contributed by atoms with Crippen molar-refractivity contribution in [2.75, 3.05) is 13.2 Å². The number of rotatable bonds is 12. The predicted molar refractivity (Wildman–Crippen MR) is 73.3 cm³/mol. The highest BCUT2D eigenvalue weighted by molar-refractivity contribution is 4.63. The summed E-state index contributed by atoms with van der Waals surface area (Å²) in [5.74, 6) is -0.606. The average Bonchev–Trinajstić information content (AvgIpc) is 2.36. The van der Waals surface area contributed by atoms with Gasteiger partial charge in [-0.1, -0.05) is 39.5 Å². The third-order valence-corrected chi connectivity index (χ3v) is 3.36. The maximum atomic E-state index is 9.23. The Kier molecular flexibility index (Phi) is 11.5. The average molecular weight is 278 g/mol. The molecule has 2 atom stereocenters. The van der Waals surface area contributed by atoms with E-state index in [1.807, 2.05) is 13.8 Å². The SMILES string of the molecule is CCCCC(COCC(CCCC)C(O)O)C(O)O. The van der Waals surface area contributed by atoms with E-state index in [4.69, 9.17) is 4.74 Å². The van der Waals surface area contributed by atoms with Crippen LogP contribution in [0.1, 0.15) is 52.4 Å². The molecular formula is C14H30O5. The first-order chi connectivity index (χ1) is 9.02. The third-order valence-electron chi connectivity index (χ3n) is 3.36. The first-order valence-electron chi connectivity index (χ1n) is 7.32. The van der Waals surface area contributed by atoms with Crippen molar-refractivity contribution in [2.24, 2.45) is 11.8 Å². The van der Waals surface area contributed by atoms with Crippen molar-refractivity contribution in [3.63, 3.8) is 0 Å². The molecule has 0 saturated heterocycles. The number of unbranched alkanes of at least 4 members (excludes halogenated alkanes) is 2. The van der Waals surface area contributed by atoms with Crippen LogP contribution in [0, 0.1) is 11.8 Å². The van der Waals surface area contributed by atoms with Crippen LogP contribution in [0.15, 0.2) is 0 Å². The molecule has 0 heterocycles. The summed E-state index contributed by atoms with van der Waals surface area (Å²) in [6.07, 6.45) is 2.50. The lowest BCUT2D eigenvalue weighted by molar-refractivity contribution is -0.130. The van der Waals surface area contributed by atoms with E-state index in [0.29, 0.717) is 12.8 Å². The Morgan fingerprint density at radius 3 is 1.37 bits per heavy atom. The quantitative estimate of drug-likeness (QED) is 0.403. The molecule has 0 aromatic heterocycles. The van der Waals surface area contributed by atoms with Crippen molar-refractivity contribution in [1.29, 1.82) is 0 Å². The highest BCUT2D eigenvalue weighted by Gasteiger charge is 2.20. The smallest absolute Gasteiger partial charge is 0.156 e. The van der Waals surface area contributed by atoms with E-state index in [9.17, 15) is 20.4 Å². The lowest BCUT2D eigenvalue weighted by Crippen LogP contribution is -2.29. The molecule has 0 aromatic carbocycles. The van der Waals surface area contributed by atoms with Gasteiger partial charge in [0.15, 0.2) is 12.6 Å². The Bertz CT molecular complexity index is 176. The van der Waals surface area contributed by atoms with Gasteiger partial charge in [0, 0.05) is 11.8 Å². The van der Waals surface area contributed by atoms with Crippen molar-refractivity contribution in [1.82, 2.24) is 0 Å². The fraction of sp³-hybridized carbons (Fsp3) is 1.00. The summed E-state index contributed by atoms with van der Waals surface area (Å²) in [4.78, 5) is 0. The molecule has 0 aliphatic rings. The van der Waals surface area contributed by atoms with Crippen molar-refractivity contribution >= 4 is 0 Å². The third kappa shape index (κ3) is 9.35. The first-order valence-corrected chi connectivity index (χ1v) is 7.32. The van der Waals surface area contributed by atoms with Gasteiger partial charge in [0.05, 0.1) is 13.2 Å². The molecule has 0 aromatic rings. The molecule has 0 amide bonds. The number of aliphatic hydroxyl groups is 4. The zero-order valence-corrected chi connectivity index (χ0v) is 12.2. The number of aliphatic hydroxyl groups excluding tert-OH is 2. The van der Waals surface area contributed by atoms with E-state index in [1.165, 1.54) is 0 Å². The Morgan fingerprint density at radius 1 is 0.737 bits per heavy atom. The van der Waals surface area contributed by atoms with Crippen molar-refractivity contribution in [3.8, 4) is 0 Å². The molecular weight excluding hydrogens is 248 g/mol. The van der Waals surface area contributed by atoms with Crippen molar-refractivity contribution in [2.45, 2.75) is 65.0 Å². The summed E-state index contributed by atoms with van der Waals surface area (Å²) < 4.78 is 5.43. The van der Waals surface area contributed by atoms with Gasteiger partial charge < -0.3 is 25.2 Å². The summed E-state index contributed by atoms with van der Waals surface area (Å²) in [6.45, 7) is 4.58. The highest BCUT2D eigenvalue weighted by Crippen LogP contribution is 2.16. The Morgan fingerprint density at radius 2 is 1.11 bits per heavy atom. The number of hydrogen-bond donors (Lipinski definition) is 4. The first kappa shape index (κ1) is 18.8. The maximum Gasteiger partial charge on any atom is 0.156 e. The van der Waals surface area contributed by atoms with Gasteiger partial charge in [-0.25, -0.2) is 0 Å². The maximum absolute atomic E-state index is 9.23. The molecule has 0 aliphatic heterocycles. The second-order valence-electron chi connectivity index (χ2n) is 5.17. The van der Waals surface area contributed by atoms with Gasteiger partial charge in [-0.15, -0.1) is 0 Å². The van der Waals surface area contributed by atoms with Crippen LogP contribution in [0.4, 0.5) is 0 Å². The summed E-state index contributed by atoms with van der Waals surface area (Å²) in [6, 6.07) is 0. The van der Waals surface area contributed by atoms with Gasteiger partial charge in [-0.3, -0.25) is 0 Å². The minimum atomic E-state index is -1.38. The molecule has 2 unspecified atom stereocenters. The topological polar surface area (TPSA) is 90.2 Å². The van der Waals surface area contributed by atoms with Crippen LogP contribution >= 0.6 is 0 Å². The van der Waals surface area contributed by atoms with Crippen LogP contribution < -0.4 is 0 Å². The van der Waals surface area contributed by atoms with Gasteiger partial charge >= 0.3 is 0 Å². The Labute approximate surface area is 116 Å². The van der Waals surface area contributed by atoms with Gasteiger partial charge in [0.2, 0.25) is 0 Å².